The number of nitrogens with zero attached hydrogens (tertiary/aromatic N) is 2. The summed E-state index contributed by atoms with van der Waals surface area (Å²) in [5.74, 6) is 1.87. The van der Waals surface area contributed by atoms with Crippen molar-refractivity contribution < 1.29 is 0 Å². The van der Waals surface area contributed by atoms with Gasteiger partial charge >= 0.3 is 0 Å². The summed E-state index contributed by atoms with van der Waals surface area (Å²) >= 11 is 0. The van der Waals surface area contributed by atoms with E-state index < -0.39 is 0 Å². The first-order chi connectivity index (χ1) is 7.26. The highest BCUT2D eigenvalue weighted by atomic mass is 15.3. The average Bonchev–Trinajstić information content (AvgIpc) is 2.45. The summed E-state index contributed by atoms with van der Waals surface area (Å²) in [4.78, 5) is 0. The molecule has 0 saturated carbocycles. The van der Waals surface area contributed by atoms with Gasteiger partial charge in [-0.05, 0) is 26.2 Å². The molecule has 84 valence electrons. The lowest BCUT2D eigenvalue weighted by molar-refractivity contribution is 0.564. The van der Waals surface area contributed by atoms with Gasteiger partial charge < -0.3 is 10.6 Å². The first-order valence-electron chi connectivity index (χ1n) is 5.81. The molecular formula is C11H20N4. The van der Waals surface area contributed by atoms with E-state index in [0.29, 0.717) is 5.92 Å². The van der Waals surface area contributed by atoms with Crippen LogP contribution in [0.25, 0.3) is 0 Å². The molecule has 0 radical (unpaired) electrons. The maximum absolute atomic E-state index is 4.49. The van der Waals surface area contributed by atoms with E-state index in [1.54, 1.807) is 0 Å². The molecule has 1 aliphatic rings. The maximum atomic E-state index is 4.49. The Kier molecular flexibility index (Phi) is 2.84. The molecule has 0 amide bonds. The first kappa shape index (κ1) is 10.3. The summed E-state index contributed by atoms with van der Waals surface area (Å²) in [6.45, 7) is 9.43. The molecule has 2 heterocycles. The number of nitrogens with one attached hydrogen (secondary N) is 2. The van der Waals surface area contributed by atoms with Crippen molar-refractivity contribution in [3.8, 4) is 0 Å². The summed E-state index contributed by atoms with van der Waals surface area (Å²) in [5.41, 5.74) is 2.28. The van der Waals surface area contributed by atoms with Gasteiger partial charge in [0.05, 0.1) is 5.69 Å². The third-order valence-electron chi connectivity index (χ3n) is 3.13. The molecule has 0 bridgehead atoms. The molecular weight excluding hydrogens is 188 g/mol. The van der Waals surface area contributed by atoms with Crippen LogP contribution in [-0.4, -0.2) is 22.9 Å². The molecule has 0 spiro atoms. The average molecular weight is 208 g/mol. The minimum absolute atomic E-state index is 0.710. The molecule has 0 saturated heterocycles. The van der Waals surface area contributed by atoms with Crippen LogP contribution in [0.2, 0.25) is 0 Å². The minimum Gasteiger partial charge on any atom is -0.380 e. The molecule has 1 aromatic rings. The Hall–Kier alpha value is -1.19. The number of hydrogen-bond donors (Lipinski definition) is 2. The zero-order valence-corrected chi connectivity index (χ0v) is 9.80. The number of anilines is 2. The number of aryl methyl sites for hydroxylation is 2. The lowest BCUT2D eigenvalue weighted by Gasteiger charge is -2.12. The summed E-state index contributed by atoms with van der Waals surface area (Å²) in [7, 11) is 0. The van der Waals surface area contributed by atoms with Gasteiger partial charge in [-0.2, -0.15) is 5.10 Å². The summed E-state index contributed by atoms with van der Waals surface area (Å²) in [5, 5.41) is 11.5. The molecule has 15 heavy (non-hydrogen) atoms. The van der Waals surface area contributed by atoms with Gasteiger partial charge in [0.2, 0.25) is 0 Å². The third kappa shape index (κ3) is 1.80. The largest absolute Gasteiger partial charge is 0.380 e. The van der Waals surface area contributed by atoms with E-state index in [-0.39, 0.29) is 0 Å². The molecule has 1 aromatic heterocycles. The molecule has 1 unspecified atom stereocenters. The van der Waals surface area contributed by atoms with Crippen molar-refractivity contribution >= 4 is 11.5 Å². The van der Waals surface area contributed by atoms with Crippen LogP contribution in [0.5, 0.6) is 0 Å². The van der Waals surface area contributed by atoms with E-state index in [0.717, 1.165) is 31.1 Å². The number of aromatic nitrogens is 2. The van der Waals surface area contributed by atoms with E-state index >= 15 is 0 Å². The van der Waals surface area contributed by atoms with E-state index in [2.05, 4.69) is 36.5 Å². The molecule has 2 N–H and O–H groups in total. The fourth-order valence-electron chi connectivity index (χ4n) is 2.05. The Bertz CT molecular complexity index is 343. The van der Waals surface area contributed by atoms with Gasteiger partial charge in [0, 0.05) is 19.6 Å². The van der Waals surface area contributed by atoms with Crippen LogP contribution >= 0.6 is 0 Å². The smallest absolute Gasteiger partial charge is 0.148 e. The quantitative estimate of drug-likeness (QED) is 0.782. The Morgan fingerprint density at radius 1 is 1.33 bits per heavy atom. The van der Waals surface area contributed by atoms with Gasteiger partial charge in [0.1, 0.15) is 11.5 Å². The standard InChI is InChI=1S/C11H20N4/c1-4-9-6-12-10-8(3)14-15(5-2)11(10)13-7-9/h9,12-13H,4-7H2,1-3H3. The fourth-order valence-corrected chi connectivity index (χ4v) is 2.05. The Balaban J connectivity index is 2.27. The van der Waals surface area contributed by atoms with Crippen molar-refractivity contribution in [2.45, 2.75) is 33.7 Å². The van der Waals surface area contributed by atoms with Crippen LogP contribution in [0.4, 0.5) is 11.5 Å². The minimum atomic E-state index is 0.710. The van der Waals surface area contributed by atoms with Crippen LogP contribution < -0.4 is 10.6 Å². The molecule has 2 rings (SSSR count). The van der Waals surface area contributed by atoms with Crippen LogP contribution in [0.3, 0.4) is 0 Å². The first-order valence-corrected chi connectivity index (χ1v) is 5.81. The Labute approximate surface area is 91.1 Å². The zero-order valence-electron chi connectivity index (χ0n) is 9.80. The van der Waals surface area contributed by atoms with Crippen molar-refractivity contribution in [2.75, 3.05) is 23.7 Å². The fraction of sp³-hybridized carbons (Fsp3) is 0.727. The molecule has 4 heteroatoms. The third-order valence-corrected chi connectivity index (χ3v) is 3.13. The second-order valence-electron chi connectivity index (χ2n) is 4.16. The molecule has 1 atom stereocenters. The van der Waals surface area contributed by atoms with Crippen molar-refractivity contribution in [3.63, 3.8) is 0 Å². The highest BCUT2D eigenvalue weighted by Gasteiger charge is 2.19. The van der Waals surface area contributed by atoms with E-state index in [1.807, 2.05) is 4.68 Å². The van der Waals surface area contributed by atoms with Crippen molar-refractivity contribution in [1.82, 2.24) is 9.78 Å². The van der Waals surface area contributed by atoms with Gasteiger partial charge in [0.15, 0.2) is 0 Å². The van der Waals surface area contributed by atoms with Crippen LogP contribution in [0.1, 0.15) is 26.0 Å². The second kappa shape index (κ2) is 4.13. The molecule has 0 fully saturated rings. The monoisotopic (exact) mass is 208 g/mol. The number of fused-ring (bicyclic) bond motifs is 1. The Morgan fingerprint density at radius 3 is 2.73 bits per heavy atom. The van der Waals surface area contributed by atoms with E-state index in [1.165, 1.54) is 12.1 Å². The zero-order chi connectivity index (χ0) is 10.8. The normalized spacial score (nSPS) is 20.1. The van der Waals surface area contributed by atoms with Gasteiger partial charge in [-0.15, -0.1) is 0 Å². The predicted molar refractivity (Wildman–Crippen MR) is 63.4 cm³/mol. The lowest BCUT2D eigenvalue weighted by atomic mass is 10.1. The van der Waals surface area contributed by atoms with Gasteiger partial charge in [0.25, 0.3) is 0 Å². The van der Waals surface area contributed by atoms with Gasteiger partial charge in [-0.1, -0.05) is 6.92 Å². The van der Waals surface area contributed by atoms with E-state index in [4.69, 9.17) is 0 Å². The highest BCUT2D eigenvalue weighted by Crippen LogP contribution is 2.28. The molecule has 4 nitrogen and oxygen atoms in total. The summed E-state index contributed by atoms with van der Waals surface area (Å²) in [6.07, 6.45) is 1.21. The second-order valence-corrected chi connectivity index (χ2v) is 4.16. The lowest BCUT2D eigenvalue weighted by Crippen LogP contribution is -2.19. The van der Waals surface area contributed by atoms with E-state index in [9.17, 15) is 0 Å². The van der Waals surface area contributed by atoms with Crippen LogP contribution in [0, 0.1) is 12.8 Å². The predicted octanol–water partition coefficient (Wildman–Crippen LogP) is 2.08. The van der Waals surface area contributed by atoms with Crippen LogP contribution in [-0.2, 0) is 6.54 Å². The maximum Gasteiger partial charge on any atom is 0.148 e. The van der Waals surface area contributed by atoms with Gasteiger partial charge in [-0.25, -0.2) is 4.68 Å². The Morgan fingerprint density at radius 2 is 2.07 bits per heavy atom. The van der Waals surface area contributed by atoms with Crippen LogP contribution in [0.15, 0.2) is 0 Å². The topological polar surface area (TPSA) is 41.9 Å². The van der Waals surface area contributed by atoms with Crippen molar-refractivity contribution in [3.05, 3.63) is 5.69 Å². The molecule has 1 aliphatic heterocycles. The summed E-state index contributed by atoms with van der Waals surface area (Å²) < 4.78 is 2.04. The summed E-state index contributed by atoms with van der Waals surface area (Å²) in [6, 6.07) is 0. The number of hydrogen-bond acceptors (Lipinski definition) is 3. The van der Waals surface area contributed by atoms with Crippen molar-refractivity contribution in [1.29, 1.82) is 0 Å². The molecule has 0 aromatic carbocycles. The van der Waals surface area contributed by atoms with Gasteiger partial charge in [-0.3, -0.25) is 0 Å². The number of rotatable bonds is 2. The molecule has 0 aliphatic carbocycles. The van der Waals surface area contributed by atoms with Crippen molar-refractivity contribution in [2.24, 2.45) is 5.92 Å². The SMILES string of the molecule is CCC1CNc2c(C)nn(CC)c2NC1. The highest BCUT2D eigenvalue weighted by molar-refractivity contribution is 5.68.